The van der Waals surface area contributed by atoms with Crippen molar-refractivity contribution in [3.8, 4) is 5.75 Å². The molecule has 2 saturated heterocycles. The Kier molecular flexibility index (Phi) is 6.42. The number of ether oxygens (including phenoxy) is 1. The predicted octanol–water partition coefficient (Wildman–Crippen LogP) is 2.64. The van der Waals surface area contributed by atoms with Crippen molar-refractivity contribution in [1.82, 2.24) is 9.80 Å². The molecule has 0 aromatic heterocycles. The van der Waals surface area contributed by atoms with Crippen molar-refractivity contribution in [2.24, 2.45) is 11.3 Å². The smallest absolute Gasteiger partial charge is 0.119 e. The van der Waals surface area contributed by atoms with Crippen molar-refractivity contribution in [3.63, 3.8) is 0 Å². The summed E-state index contributed by atoms with van der Waals surface area (Å²) in [7, 11) is 0. The van der Waals surface area contributed by atoms with E-state index in [-0.39, 0.29) is 18.6 Å². The standard InChI is InChI=1S/C23H29ClN2O3/c24-21-5-1-3-18(9-21)11-25-13-20-14-26(16-23(20,15-25)17-28)12-19-4-2-6-22(10-19)29-8-7-27/h1-6,9-10,20,27-28H,7-8,11-17H2. The molecule has 2 fully saturated rings. The summed E-state index contributed by atoms with van der Waals surface area (Å²) in [6, 6.07) is 16.1. The molecule has 2 atom stereocenters. The Hall–Kier alpha value is -1.63. The van der Waals surface area contributed by atoms with Gasteiger partial charge in [0.25, 0.3) is 0 Å². The highest BCUT2D eigenvalue weighted by Crippen LogP contribution is 2.43. The quantitative estimate of drug-likeness (QED) is 0.692. The van der Waals surface area contributed by atoms with Gasteiger partial charge in [-0.05, 0) is 41.3 Å². The van der Waals surface area contributed by atoms with Crippen LogP contribution >= 0.6 is 11.6 Å². The number of hydrogen-bond donors (Lipinski definition) is 2. The summed E-state index contributed by atoms with van der Waals surface area (Å²) in [5.74, 6) is 1.26. The third kappa shape index (κ3) is 4.76. The van der Waals surface area contributed by atoms with Crippen LogP contribution in [0, 0.1) is 11.3 Å². The Morgan fingerprint density at radius 2 is 1.62 bits per heavy atom. The molecule has 2 aliphatic heterocycles. The number of benzene rings is 2. The van der Waals surface area contributed by atoms with Crippen LogP contribution in [-0.4, -0.2) is 66.0 Å². The molecule has 2 aromatic rings. The maximum atomic E-state index is 10.3. The van der Waals surface area contributed by atoms with Gasteiger partial charge in [0.05, 0.1) is 13.2 Å². The fourth-order valence-electron chi connectivity index (χ4n) is 4.92. The van der Waals surface area contributed by atoms with E-state index in [4.69, 9.17) is 21.4 Å². The molecule has 6 heteroatoms. The van der Waals surface area contributed by atoms with Gasteiger partial charge in [-0.15, -0.1) is 0 Å². The van der Waals surface area contributed by atoms with Gasteiger partial charge in [0.15, 0.2) is 0 Å². The number of aliphatic hydroxyl groups excluding tert-OH is 2. The number of fused-ring (bicyclic) bond motifs is 1. The Morgan fingerprint density at radius 3 is 2.21 bits per heavy atom. The summed E-state index contributed by atoms with van der Waals surface area (Å²) < 4.78 is 5.53. The maximum absolute atomic E-state index is 10.3. The van der Waals surface area contributed by atoms with Gasteiger partial charge in [-0.25, -0.2) is 0 Å². The summed E-state index contributed by atoms with van der Waals surface area (Å²) in [5, 5.41) is 20.0. The topological polar surface area (TPSA) is 56.2 Å². The van der Waals surface area contributed by atoms with Crippen LogP contribution < -0.4 is 4.74 Å². The Labute approximate surface area is 177 Å². The van der Waals surface area contributed by atoms with Crippen molar-refractivity contribution < 1.29 is 14.9 Å². The normalized spacial score (nSPS) is 24.7. The molecule has 0 amide bonds. The van der Waals surface area contributed by atoms with Crippen LogP contribution in [-0.2, 0) is 13.1 Å². The third-order valence-corrected chi connectivity index (χ3v) is 6.41. The van der Waals surface area contributed by atoms with Crippen molar-refractivity contribution in [1.29, 1.82) is 0 Å². The number of halogens is 1. The van der Waals surface area contributed by atoms with Gasteiger partial charge in [0, 0.05) is 49.7 Å². The molecular formula is C23H29ClN2O3. The molecule has 0 radical (unpaired) electrons. The van der Waals surface area contributed by atoms with Gasteiger partial charge in [0.2, 0.25) is 0 Å². The summed E-state index contributed by atoms with van der Waals surface area (Å²) in [5.41, 5.74) is 2.37. The van der Waals surface area contributed by atoms with Crippen LogP contribution in [0.4, 0.5) is 0 Å². The minimum Gasteiger partial charge on any atom is -0.491 e. The van der Waals surface area contributed by atoms with E-state index in [1.54, 1.807) is 0 Å². The number of rotatable bonds is 8. The van der Waals surface area contributed by atoms with E-state index in [2.05, 4.69) is 21.9 Å². The highest BCUT2D eigenvalue weighted by molar-refractivity contribution is 6.30. The van der Waals surface area contributed by atoms with E-state index >= 15 is 0 Å². The minimum absolute atomic E-state index is 0.0166. The number of aliphatic hydroxyl groups is 2. The van der Waals surface area contributed by atoms with Crippen molar-refractivity contribution in [2.75, 3.05) is 46.0 Å². The molecule has 5 nitrogen and oxygen atoms in total. The van der Waals surface area contributed by atoms with E-state index < -0.39 is 0 Å². The monoisotopic (exact) mass is 416 g/mol. The molecule has 29 heavy (non-hydrogen) atoms. The van der Waals surface area contributed by atoms with Crippen molar-refractivity contribution in [3.05, 3.63) is 64.7 Å². The van der Waals surface area contributed by atoms with E-state index in [1.807, 2.05) is 36.4 Å². The number of likely N-dealkylation sites (tertiary alicyclic amines) is 2. The molecule has 2 N–H and O–H groups in total. The van der Waals surface area contributed by atoms with Crippen LogP contribution in [0.5, 0.6) is 5.75 Å². The lowest BCUT2D eigenvalue weighted by Gasteiger charge is -2.27. The summed E-state index contributed by atoms with van der Waals surface area (Å²) >= 11 is 6.13. The van der Waals surface area contributed by atoms with Crippen molar-refractivity contribution in [2.45, 2.75) is 13.1 Å². The van der Waals surface area contributed by atoms with E-state index in [0.29, 0.717) is 12.5 Å². The molecule has 2 heterocycles. The molecule has 0 spiro atoms. The zero-order chi connectivity index (χ0) is 20.3. The van der Waals surface area contributed by atoms with Crippen LogP contribution in [0.15, 0.2) is 48.5 Å². The third-order valence-electron chi connectivity index (χ3n) is 6.17. The number of hydrogen-bond acceptors (Lipinski definition) is 5. The molecule has 0 saturated carbocycles. The van der Waals surface area contributed by atoms with Crippen molar-refractivity contribution >= 4 is 11.6 Å². The molecule has 4 rings (SSSR count). The Bertz CT molecular complexity index is 833. The molecular weight excluding hydrogens is 388 g/mol. The zero-order valence-corrected chi connectivity index (χ0v) is 17.4. The van der Waals surface area contributed by atoms with Gasteiger partial charge in [-0.1, -0.05) is 35.9 Å². The van der Waals surface area contributed by atoms with Gasteiger partial charge < -0.3 is 14.9 Å². The summed E-state index contributed by atoms with van der Waals surface area (Å²) in [4.78, 5) is 4.90. The van der Waals surface area contributed by atoms with Crippen LogP contribution in [0.1, 0.15) is 11.1 Å². The second-order valence-corrected chi connectivity index (χ2v) is 8.84. The summed E-state index contributed by atoms with van der Waals surface area (Å²) in [6.45, 7) is 6.09. The minimum atomic E-state index is -0.0520. The van der Waals surface area contributed by atoms with Gasteiger partial charge in [0.1, 0.15) is 12.4 Å². The van der Waals surface area contributed by atoms with E-state index in [9.17, 15) is 5.11 Å². The second-order valence-electron chi connectivity index (χ2n) is 8.41. The van der Waals surface area contributed by atoms with E-state index in [1.165, 1.54) is 11.1 Å². The maximum Gasteiger partial charge on any atom is 0.119 e. The Balaban J connectivity index is 1.37. The first-order valence-electron chi connectivity index (χ1n) is 10.2. The van der Waals surface area contributed by atoms with Crippen LogP contribution in [0.3, 0.4) is 0 Å². The molecule has 0 aliphatic carbocycles. The van der Waals surface area contributed by atoms with Crippen LogP contribution in [0.2, 0.25) is 5.02 Å². The molecule has 2 aliphatic rings. The molecule has 2 unspecified atom stereocenters. The first-order valence-corrected chi connectivity index (χ1v) is 10.6. The highest BCUT2D eigenvalue weighted by atomic mass is 35.5. The fraction of sp³-hybridized carbons (Fsp3) is 0.478. The van der Waals surface area contributed by atoms with Gasteiger partial charge in [-0.3, -0.25) is 9.80 Å². The molecule has 156 valence electrons. The molecule has 0 bridgehead atoms. The lowest BCUT2D eigenvalue weighted by atomic mass is 9.82. The average Bonchev–Trinajstić information content (AvgIpc) is 3.20. The number of nitrogens with zero attached hydrogens (tertiary/aromatic N) is 2. The lowest BCUT2D eigenvalue weighted by Crippen LogP contribution is -2.36. The van der Waals surface area contributed by atoms with Gasteiger partial charge >= 0.3 is 0 Å². The van der Waals surface area contributed by atoms with Gasteiger partial charge in [-0.2, -0.15) is 0 Å². The zero-order valence-electron chi connectivity index (χ0n) is 16.6. The highest BCUT2D eigenvalue weighted by Gasteiger charge is 2.51. The van der Waals surface area contributed by atoms with Crippen LogP contribution in [0.25, 0.3) is 0 Å². The first-order chi connectivity index (χ1) is 14.1. The molecule has 2 aromatic carbocycles. The predicted molar refractivity (Wildman–Crippen MR) is 114 cm³/mol. The SMILES string of the molecule is OCCOc1cccc(CN2CC3CN(Cc4cccc(Cl)c4)CC3(CO)C2)c1. The summed E-state index contributed by atoms with van der Waals surface area (Å²) in [6.07, 6.45) is 0. The lowest BCUT2D eigenvalue weighted by molar-refractivity contribution is 0.110. The fourth-order valence-corrected chi connectivity index (χ4v) is 5.13. The first kappa shape index (κ1) is 20.6. The second kappa shape index (κ2) is 9.02. The Morgan fingerprint density at radius 1 is 0.966 bits per heavy atom. The largest absolute Gasteiger partial charge is 0.491 e. The van der Waals surface area contributed by atoms with E-state index in [0.717, 1.165) is 50.0 Å². The average molecular weight is 417 g/mol.